The number of esters is 1. The Morgan fingerprint density at radius 2 is 1.88 bits per heavy atom. The Morgan fingerprint density at radius 3 is 2.47 bits per heavy atom. The Morgan fingerprint density at radius 1 is 1.09 bits per heavy atom. The maximum absolute atomic E-state index is 13.5. The summed E-state index contributed by atoms with van der Waals surface area (Å²) in [5.74, 6) is -0.569. The number of carbonyl (C=O) groups is 1. The van der Waals surface area contributed by atoms with Crippen molar-refractivity contribution in [1.82, 2.24) is 14.3 Å². The van der Waals surface area contributed by atoms with Crippen LogP contribution in [0.1, 0.15) is 38.2 Å². The molecule has 0 N–H and O–H groups in total. The van der Waals surface area contributed by atoms with Gasteiger partial charge in [-0.25, -0.2) is 18.4 Å². The minimum atomic E-state index is -4.03. The van der Waals surface area contributed by atoms with Gasteiger partial charge < -0.3 is 4.74 Å². The lowest BCUT2D eigenvalue weighted by Gasteiger charge is -2.29. The normalized spacial score (nSPS) is 12.6. The fourth-order valence-electron chi connectivity index (χ4n) is 3.38. The highest BCUT2D eigenvalue weighted by molar-refractivity contribution is 7.89. The van der Waals surface area contributed by atoms with E-state index in [0.29, 0.717) is 12.8 Å². The lowest BCUT2D eigenvalue weighted by molar-refractivity contribution is -0.145. The summed E-state index contributed by atoms with van der Waals surface area (Å²) in [6.45, 7) is 2.09. The predicted molar refractivity (Wildman–Crippen MR) is 124 cm³/mol. The number of benzene rings is 1. The minimum absolute atomic E-state index is 0.0307. The third-order valence-corrected chi connectivity index (χ3v) is 7.68. The molecule has 0 radical (unpaired) electrons. The molecule has 2 heterocycles. The molecule has 0 fully saturated rings. The van der Waals surface area contributed by atoms with Crippen LogP contribution < -0.4 is 0 Å². The van der Waals surface area contributed by atoms with E-state index in [9.17, 15) is 13.2 Å². The first-order valence-corrected chi connectivity index (χ1v) is 12.8. The highest BCUT2D eigenvalue weighted by atomic mass is 32.2. The van der Waals surface area contributed by atoms with Crippen molar-refractivity contribution < 1.29 is 17.9 Å². The molecule has 1 unspecified atom stereocenters. The smallest absolute Gasteiger partial charge is 0.324 e. The number of pyridine rings is 1. The Hall–Kier alpha value is -2.62. The third-order valence-electron chi connectivity index (χ3n) is 5.08. The number of ether oxygens (including phenoxy) is 1. The fourth-order valence-corrected chi connectivity index (χ4v) is 5.56. The van der Waals surface area contributed by atoms with Crippen LogP contribution in [0, 0.1) is 0 Å². The van der Waals surface area contributed by atoms with Crippen molar-refractivity contribution in [2.75, 3.05) is 7.11 Å². The van der Waals surface area contributed by atoms with E-state index >= 15 is 0 Å². The van der Waals surface area contributed by atoms with Gasteiger partial charge in [0.25, 0.3) is 10.0 Å². The van der Waals surface area contributed by atoms with Crippen molar-refractivity contribution in [3.63, 3.8) is 0 Å². The molecule has 32 heavy (non-hydrogen) atoms. The SMILES string of the molecule is CCCCCC(C(=O)OC)N(Cc1ccc(-c2nccs2)cc1)S(=O)(=O)c1ccccn1. The van der Waals surface area contributed by atoms with Gasteiger partial charge in [0.1, 0.15) is 11.0 Å². The number of unbranched alkanes of at least 4 members (excludes halogenated alkanes) is 2. The molecule has 0 saturated carbocycles. The number of carbonyl (C=O) groups excluding carboxylic acids is 1. The number of aromatic nitrogens is 2. The highest BCUT2D eigenvalue weighted by Gasteiger charge is 2.37. The van der Waals surface area contributed by atoms with E-state index in [1.165, 1.54) is 35.0 Å². The maximum atomic E-state index is 13.5. The summed E-state index contributed by atoms with van der Waals surface area (Å²) in [5, 5.41) is 2.70. The second-order valence-corrected chi connectivity index (χ2v) is 10.0. The van der Waals surface area contributed by atoms with E-state index in [4.69, 9.17) is 4.74 Å². The molecular formula is C23H27N3O4S2. The fraction of sp³-hybridized carbons (Fsp3) is 0.348. The molecule has 7 nitrogen and oxygen atoms in total. The van der Waals surface area contributed by atoms with Crippen LogP contribution in [-0.4, -0.2) is 41.8 Å². The Kier molecular flexibility index (Phi) is 8.49. The monoisotopic (exact) mass is 473 g/mol. The zero-order chi connectivity index (χ0) is 23.0. The van der Waals surface area contributed by atoms with Gasteiger partial charge in [0.2, 0.25) is 0 Å². The molecule has 0 aliphatic carbocycles. The predicted octanol–water partition coefficient (Wildman–Crippen LogP) is 4.52. The van der Waals surface area contributed by atoms with Gasteiger partial charge in [-0.1, -0.05) is 56.5 Å². The summed E-state index contributed by atoms with van der Waals surface area (Å²) < 4.78 is 33.3. The number of sulfonamides is 1. The van der Waals surface area contributed by atoms with Crippen molar-refractivity contribution >= 4 is 27.3 Å². The molecule has 9 heteroatoms. The summed E-state index contributed by atoms with van der Waals surface area (Å²) in [5.41, 5.74) is 1.71. The highest BCUT2D eigenvalue weighted by Crippen LogP contribution is 2.26. The number of hydrogen-bond donors (Lipinski definition) is 0. The topological polar surface area (TPSA) is 89.5 Å². The number of hydrogen-bond acceptors (Lipinski definition) is 7. The number of thiazole rings is 1. The zero-order valence-corrected chi connectivity index (χ0v) is 19.8. The van der Waals surface area contributed by atoms with E-state index in [1.54, 1.807) is 18.3 Å². The quantitative estimate of drug-likeness (QED) is 0.300. The molecule has 3 rings (SSSR count). The largest absolute Gasteiger partial charge is 0.468 e. The van der Waals surface area contributed by atoms with E-state index < -0.39 is 22.0 Å². The van der Waals surface area contributed by atoms with Crippen LogP contribution in [0.5, 0.6) is 0 Å². The van der Waals surface area contributed by atoms with E-state index in [0.717, 1.165) is 29.0 Å². The van der Waals surface area contributed by atoms with Crippen molar-refractivity contribution in [2.24, 2.45) is 0 Å². The van der Waals surface area contributed by atoms with Crippen LogP contribution >= 0.6 is 11.3 Å². The average molecular weight is 474 g/mol. The summed E-state index contributed by atoms with van der Waals surface area (Å²) in [6.07, 6.45) is 6.12. The second kappa shape index (κ2) is 11.3. The van der Waals surface area contributed by atoms with Gasteiger partial charge in [0.05, 0.1) is 7.11 Å². The zero-order valence-electron chi connectivity index (χ0n) is 18.2. The van der Waals surface area contributed by atoms with Crippen molar-refractivity contribution in [2.45, 2.75) is 50.2 Å². The minimum Gasteiger partial charge on any atom is -0.468 e. The summed E-state index contributed by atoms with van der Waals surface area (Å²) in [7, 11) is -2.75. The molecule has 3 aromatic rings. The van der Waals surface area contributed by atoms with Gasteiger partial charge in [-0.3, -0.25) is 4.79 Å². The van der Waals surface area contributed by atoms with Crippen LogP contribution in [0.4, 0.5) is 0 Å². The number of rotatable bonds is 11. The lowest BCUT2D eigenvalue weighted by atomic mass is 10.1. The molecule has 1 atom stereocenters. The molecular weight excluding hydrogens is 446 g/mol. The van der Waals surface area contributed by atoms with E-state index in [-0.39, 0.29) is 11.6 Å². The van der Waals surface area contributed by atoms with Gasteiger partial charge in [0, 0.05) is 29.9 Å². The van der Waals surface area contributed by atoms with Crippen LogP contribution in [0.3, 0.4) is 0 Å². The first-order chi connectivity index (χ1) is 15.5. The molecule has 0 aliphatic rings. The van der Waals surface area contributed by atoms with Gasteiger partial charge in [-0.2, -0.15) is 4.31 Å². The summed E-state index contributed by atoms with van der Waals surface area (Å²) in [4.78, 5) is 21.0. The Balaban J connectivity index is 1.96. The van der Waals surface area contributed by atoms with Crippen molar-refractivity contribution in [3.8, 4) is 10.6 Å². The van der Waals surface area contributed by atoms with Crippen LogP contribution in [0.2, 0.25) is 0 Å². The van der Waals surface area contributed by atoms with Crippen molar-refractivity contribution in [1.29, 1.82) is 0 Å². The van der Waals surface area contributed by atoms with E-state index in [2.05, 4.69) is 16.9 Å². The molecule has 170 valence electrons. The van der Waals surface area contributed by atoms with Gasteiger partial charge in [-0.15, -0.1) is 11.3 Å². The first-order valence-electron chi connectivity index (χ1n) is 10.5. The Bertz CT molecular complexity index is 1090. The van der Waals surface area contributed by atoms with Crippen LogP contribution in [0.15, 0.2) is 65.3 Å². The molecule has 0 amide bonds. The van der Waals surface area contributed by atoms with Gasteiger partial charge in [-0.05, 0) is 24.1 Å². The molecule has 2 aromatic heterocycles. The molecule has 0 saturated heterocycles. The van der Waals surface area contributed by atoms with Gasteiger partial charge in [0.15, 0.2) is 5.03 Å². The molecule has 0 bridgehead atoms. The molecule has 1 aromatic carbocycles. The van der Waals surface area contributed by atoms with E-state index in [1.807, 2.05) is 29.6 Å². The second-order valence-electron chi connectivity index (χ2n) is 7.29. The van der Waals surface area contributed by atoms with Crippen molar-refractivity contribution in [3.05, 3.63) is 65.8 Å². The maximum Gasteiger partial charge on any atom is 0.324 e. The Labute approximate surface area is 193 Å². The third kappa shape index (κ3) is 5.79. The van der Waals surface area contributed by atoms with Crippen LogP contribution in [0.25, 0.3) is 10.6 Å². The van der Waals surface area contributed by atoms with Gasteiger partial charge >= 0.3 is 5.97 Å². The molecule has 0 spiro atoms. The standard InChI is InChI=1S/C23H27N3O4S2/c1-3-4-5-8-20(23(27)30-2)26(32(28,29)21-9-6-7-14-24-21)17-18-10-12-19(13-11-18)22-25-15-16-31-22/h6-7,9-16,20H,3-5,8,17H2,1-2H3. The van der Waals surface area contributed by atoms with Crippen LogP contribution in [-0.2, 0) is 26.1 Å². The average Bonchev–Trinajstić information content (AvgIpc) is 3.36. The summed E-state index contributed by atoms with van der Waals surface area (Å²) in [6, 6.07) is 11.3. The lowest BCUT2D eigenvalue weighted by Crippen LogP contribution is -2.45. The number of nitrogens with zero attached hydrogens (tertiary/aromatic N) is 3. The summed E-state index contributed by atoms with van der Waals surface area (Å²) >= 11 is 1.53. The first kappa shape index (κ1) is 24.0. The molecule has 0 aliphatic heterocycles. The number of methoxy groups -OCH3 is 1.